The fourth-order valence-electron chi connectivity index (χ4n) is 3.93. The summed E-state index contributed by atoms with van der Waals surface area (Å²) in [5.41, 5.74) is 0.618. The number of urea groups is 1. The molecule has 1 fully saturated rings. The van der Waals surface area contributed by atoms with Crippen molar-refractivity contribution in [1.82, 2.24) is 10.2 Å². The van der Waals surface area contributed by atoms with E-state index in [4.69, 9.17) is 28.1 Å². The normalized spacial score (nSPS) is 13.6. The molecule has 2 aromatic carbocycles. The molecule has 0 radical (unpaired) electrons. The number of benzene rings is 2. The van der Waals surface area contributed by atoms with Crippen molar-refractivity contribution in [3.05, 3.63) is 70.8 Å². The number of carbonyl (C=O) groups is 4. The molecule has 1 saturated heterocycles. The molecule has 2 heterocycles. The number of nitrogens with zero attached hydrogens (tertiary/aromatic N) is 1. The van der Waals surface area contributed by atoms with Gasteiger partial charge in [-0.2, -0.15) is 0 Å². The smallest absolute Gasteiger partial charge is 0.373 e. The average Bonchev–Trinajstić information content (AvgIpc) is 3.56. The SMILES string of the molecule is COC(=O)c1ccc(CN2C(=O)N/C(=C\c3ccc(OC(=O)c4cc(OC)c(OC)c(OC)c4)c(OC)c3)C2=O)o1. The van der Waals surface area contributed by atoms with Crippen LogP contribution in [-0.2, 0) is 16.1 Å². The van der Waals surface area contributed by atoms with Gasteiger partial charge in [0.15, 0.2) is 23.0 Å². The molecular formula is C28H26N2O11. The van der Waals surface area contributed by atoms with E-state index in [1.807, 2.05) is 0 Å². The predicted octanol–water partition coefficient (Wildman–Crippen LogP) is 3.41. The lowest BCUT2D eigenvalue weighted by Crippen LogP contribution is -2.30. The van der Waals surface area contributed by atoms with Crippen molar-refractivity contribution in [3.63, 3.8) is 0 Å². The topological polar surface area (TPSA) is 152 Å². The summed E-state index contributed by atoms with van der Waals surface area (Å²) in [6.07, 6.45) is 1.44. The van der Waals surface area contributed by atoms with Crippen LogP contribution in [0.25, 0.3) is 6.08 Å². The molecule has 0 aliphatic carbocycles. The minimum absolute atomic E-state index is 0.000955. The number of esters is 2. The third kappa shape index (κ3) is 5.93. The number of ether oxygens (including phenoxy) is 6. The van der Waals surface area contributed by atoms with E-state index in [9.17, 15) is 19.2 Å². The highest BCUT2D eigenvalue weighted by Gasteiger charge is 2.34. The van der Waals surface area contributed by atoms with Gasteiger partial charge in [-0.25, -0.2) is 14.4 Å². The van der Waals surface area contributed by atoms with Gasteiger partial charge in [0, 0.05) is 0 Å². The molecule has 214 valence electrons. The second kappa shape index (κ2) is 12.2. The highest BCUT2D eigenvalue weighted by Crippen LogP contribution is 2.39. The molecule has 1 N–H and O–H groups in total. The third-order valence-corrected chi connectivity index (χ3v) is 5.93. The lowest BCUT2D eigenvalue weighted by atomic mass is 10.1. The summed E-state index contributed by atoms with van der Waals surface area (Å²) >= 11 is 0. The number of furan rings is 1. The molecule has 13 heteroatoms. The zero-order chi connectivity index (χ0) is 29.7. The van der Waals surface area contributed by atoms with Crippen LogP contribution in [0.3, 0.4) is 0 Å². The van der Waals surface area contributed by atoms with E-state index in [2.05, 4.69) is 10.1 Å². The molecule has 0 atom stereocenters. The predicted molar refractivity (Wildman–Crippen MR) is 141 cm³/mol. The zero-order valence-electron chi connectivity index (χ0n) is 22.8. The summed E-state index contributed by atoms with van der Waals surface area (Å²) in [5.74, 6) is -0.653. The van der Waals surface area contributed by atoms with Crippen LogP contribution in [0.4, 0.5) is 4.79 Å². The number of methoxy groups -OCH3 is 5. The molecule has 0 bridgehead atoms. The number of hydrogen-bond acceptors (Lipinski definition) is 11. The van der Waals surface area contributed by atoms with Crippen molar-refractivity contribution in [2.45, 2.75) is 6.54 Å². The molecule has 3 amide bonds. The number of carbonyl (C=O) groups excluding carboxylic acids is 4. The van der Waals surface area contributed by atoms with Crippen LogP contribution in [0.15, 0.2) is 52.6 Å². The molecule has 1 aliphatic rings. The molecule has 4 rings (SSSR count). The highest BCUT2D eigenvalue weighted by atomic mass is 16.6. The molecule has 0 unspecified atom stereocenters. The number of nitrogens with one attached hydrogen (secondary N) is 1. The van der Waals surface area contributed by atoms with E-state index in [1.165, 1.54) is 78.0 Å². The Labute approximate surface area is 234 Å². The first-order valence-electron chi connectivity index (χ1n) is 11.9. The molecule has 0 spiro atoms. The maximum absolute atomic E-state index is 12.9. The lowest BCUT2D eigenvalue weighted by molar-refractivity contribution is -0.123. The Bertz CT molecular complexity index is 1510. The first-order chi connectivity index (χ1) is 19.7. The van der Waals surface area contributed by atoms with E-state index in [-0.39, 0.29) is 52.3 Å². The molecule has 1 aliphatic heterocycles. The maximum Gasteiger partial charge on any atom is 0.373 e. The second-order valence-electron chi connectivity index (χ2n) is 8.35. The van der Waals surface area contributed by atoms with Gasteiger partial charge in [-0.1, -0.05) is 6.07 Å². The first kappa shape index (κ1) is 28.5. The summed E-state index contributed by atoms with van der Waals surface area (Å²) < 4.78 is 36.7. The van der Waals surface area contributed by atoms with Crippen LogP contribution in [0.2, 0.25) is 0 Å². The largest absolute Gasteiger partial charge is 0.493 e. The molecule has 3 aromatic rings. The molecule has 1 aromatic heterocycles. The Hall–Kier alpha value is -5.46. The fraction of sp³-hybridized carbons (Fsp3) is 0.214. The van der Waals surface area contributed by atoms with Crippen molar-refractivity contribution in [2.75, 3.05) is 35.5 Å². The van der Waals surface area contributed by atoms with Crippen LogP contribution in [0.1, 0.15) is 32.2 Å². The van der Waals surface area contributed by atoms with Gasteiger partial charge in [-0.05, 0) is 48.0 Å². The molecule has 13 nitrogen and oxygen atoms in total. The highest BCUT2D eigenvalue weighted by molar-refractivity contribution is 6.13. The summed E-state index contributed by atoms with van der Waals surface area (Å²) in [5, 5.41) is 2.51. The van der Waals surface area contributed by atoms with Gasteiger partial charge in [-0.15, -0.1) is 0 Å². The Morgan fingerprint density at radius 3 is 2.12 bits per heavy atom. The second-order valence-corrected chi connectivity index (χ2v) is 8.35. The van der Waals surface area contributed by atoms with Gasteiger partial charge in [0.25, 0.3) is 5.91 Å². The van der Waals surface area contributed by atoms with Crippen LogP contribution < -0.4 is 29.0 Å². The molecule has 0 saturated carbocycles. The van der Waals surface area contributed by atoms with Gasteiger partial charge in [0.2, 0.25) is 11.5 Å². The number of rotatable bonds is 10. The Morgan fingerprint density at radius 2 is 1.51 bits per heavy atom. The number of hydrogen-bond donors (Lipinski definition) is 1. The summed E-state index contributed by atoms with van der Waals surface area (Å²) in [6.45, 7) is -0.196. The first-order valence-corrected chi connectivity index (χ1v) is 11.9. The fourth-order valence-corrected chi connectivity index (χ4v) is 3.93. The Morgan fingerprint density at radius 1 is 0.829 bits per heavy atom. The van der Waals surface area contributed by atoms with E-state index >= 15 is 0 Å². The van der Waals surface area contributed by atoms with Crippen LogP contribution in [0.5, 0.6) is 28.7 Å². The maximum atomic E-state index is 12.9. The minimum Gasteiger partial charge on any atom is -0.493 e. The van der Waals surface area contributed by atoms with Crippen molar-refractivity contribution >= 4 is 30.0 Å². The quantitative estimate of drug-likeness (QED) is 0.166. The van der Waals surface area contributed by atoms with E-state index in [0.717, 1.165) is 4.90 Å². The van der Waals surface area contributed by atoms with Gasteiger partial charge in [0.05, 0.1) is 47.7 Å². The Kier molecular flexibility index (Phi) is 8.46. The molecular weight excluding hydrogens is 540 g/mol. The van der Waals surface area contributed by atoms with Crippen LogP contribution >= 0.6 is 0 Å². The van der Waals surface area contributed by atoms with Crippen LogP contribution in [-0.4, -0.2) is 64.3 Å². The zero-order valence-corrected chi connectivity index (χ0v) is 22.8. The molecule has 41 heavy (non-hydrogen) atoms. The number of imide groups is 1. The lowest BCUT2D eigenvalue weighted by Gasteiger charge is -2.14. The van der Waals surface area contributed by atoms with Crippen molar-refractivity contribution < 1.29 is 52.0 Å². The summed E-state index contributed by atoms with van der Waals surface area (Å²) in [7, 11) is 6.90. The van der Waals surface area contributed by atoms with Gasteiger partial charge >= 0.3 is 18.0 Å². The van der Waals surface area contributed by atoms with E-state index in [1.54, 1.807) is 6.07 Å². The van der Waals surface area contributed by atoms with Crippen molar-refractivity contribution in [2.24, 2.45) is 0 Å². The van der Waals surface area contributed by atoms with Gasteiger partial charge in [0.1, 0.15) is 11.5 Å². The Balaban J connectivity index is 1.51. The van der Waals surface area contributed by atoms with Gasteiger partial charge < -0.3 is 38.2 Å². The minimum atomic E-state index is -0.712. The van der Waals surface area contributed by atoms with E-state index < -0.39 is 23.9 Å². The standard InChI is InChI=1S/C28H26N2O11/c1-35-21-11-15(6-8-19(21)41-26(32)16-12-22(36-2)24(38-4)23(13-16)37-3)10-18-25(31)30(28(34)29-18)14-17-7-9-20(40-17)27(33)39-5/h6-13H,14H2,1-5H3,(H,29,34)/b18-10-. The summed E-state index contributed by atoms with van der Waals surface area (Å²) in [4.78, 5) is 50.8. The third-order valence-electron chi connectivity index (χ3n) is 5.93. The van der Waals surface area contributed by atoms with Gasteiger partial charge in [-0.3, -0.25) is 9.69 Å². The average molecular weight is 567 g/mol. The summed E-state index contributed by atoms with van der Waals surface area (Å²) in [6, 6.07) is 9.68. The van der Waals surface area contributed by atoms with Crippen molar-refractivity contribution in [3.8, 4) is 28.7 Å². The van der Waals surface area contributed by atoms with Crippen molar-refractivity contribution in [1.29, 1.82) is 0 Å². The van der Waals surface area contributed by atoms with E-state index in [0.29, 0.717) is 11.3 Å². The number of amides is 3. The monoisotopic (exact) mass is 566 g/mol. The van der Waals surface area contributed by atoms with Crippen LogP contribution in [0, 0.1) is 0 Å².